The Bertz CT molecular complexity index is 1180. The molecule has 3 aromatic heterocycles. The van der Waals surface area contributed by atoms with E-state index in [1.165, 1.54) is 0 Å². The number of nitrogens with zero attached hydrogens (tertiary/aromatic N) is 5. The van der Waals surface area contributed by atoms with Crippen LogP contribution in [0.25, 0.3) is 16.7 Å². The monoisotopic (exact) mass is 527 g/mol. The summed E-state index contributed by atoms with van der Waals surface area (Å²) in [5, 5.41) is 8.78. The average Bonchev–Trinajstić information content (AvgIpc) is 3.37. The van der Waals surface area contributed by atoms with Crippen LogP contribution in [0, 0.1) is 0 Å². The first-order valence-electron chi connectivity index (χ1n) is 9.98. The Morgan fingerprint density at radius 1 is 1.13 bits per heavy atom. The number of aromatic nitrogens is 6. The molecule has 0 aliphatic carbocycles. The van der Waals surface area contributed by atoms with Crippen molar-refractivity contribution in [2.24, 2.45) is 0 Å². The first-order valence-corrected chi connectivity index (χ1v) is 12.9. The van der Waals surface area contributed by atoms with Crippen LogP contribution in [0.3, 0.4) is 0 Å². The van der Waals surface area contributed by atoms with Gasteiger partial charge in [-0.15, -0.1) is 12.4 Å². The summed E-state index contributed by atoms with van der Waals surface area (Å²) < 4.78 is 8.01. The molecule has 0 fully saturated rings. The van der Waals surface area contributed by atoms with E-state index in [9.17, 15) is 0 Å². The smallest absolute Gasteiger partial charge is 0.228 e. The van der Waals surface area contributed by atoms with E-state index in [4.69, 9.17) is 14.7 Å². The van der Waals surface area contributed by atoms with Gasteiger partial charge >= 0.3 is 0 Å². The lowest BCUT2D eigenvalue weighted by molar-refractivity contribution is 0.419. The fourth-order valence-electron chi connectivity index (χ4n) is 3.61. The van der Waals surface area contributed by atoms with Crippen LogP contribution in [0.1, 0.15) is 26.6 Å². The molecule has 2 N–H and O–H groups in total. The summed E-state index contributed by atoms with van der Waals surface area (Å²) in [6, 6.07) is 5.84. The lowest BCUT2D eigenvalue weighted by Crippen LogP contribution is -2.17. The topological polar surface area (TPSA) is 93.0 Å². The van der Waals surface area contributed by atoms with Gasteiger partial charge in [0.05, 0.1) is 29.8 Å². The molecule has 0 spiro atoms. The first kappa shape index (κ1) is 23.6. The van der Waals surface area contributed by atoms with E-state index < -0.39 is 10.0 Å². The number of imidazole rings is 1. The maximum atomic E-state index is 5.41. The summed E-state index contributed by atoms with van der Waals surface area (Å²) >= 11 is 3.58. The molecule has 0 radical (unpaired) electrons. The number of ether oxygens (including phenoxy) is 1. The summed E-state index contributed by atoms with van der Waals surface area (Å²) in [5.41, 5.74) is 2.53. The Morgan fingerprint density at radius 3 is 2.55 bits per heavy atom. The number of methoxy groups -OCH3 is 1. The van der Waals surface area contributed by atoms with Gasteiger partial charge in [-0.3, -0.25) is 0 Å². The third kappa shape index (κ3) is 4.20. The number of hydrogen-bond acceptors (Lipinski definition) is 6. The van der Waals surface area contributed by atoms with Crippen molar-refractivity contribution in [1.29, 1.82) is 0 Å². The molecule has 31 heavy (non-hydrogen) atoms. The molecule has 0 saturated carbocycles. The molecule has 0 aliphatic heterocycles. The Kier molecular flexibility index (Phi) is 7.33. The van der Waals surface area contributed by atoms with Crippen molar-refractivity contribution in [2.75, 3.05) is 29.7 Å². The Morgan fingerprint density at radius 2 is 1.87 bits per heavy atom. The molecular formula is C20H27BrClN7OS. The van der Waals surface area contributed by atoms with Gasteiger partial charge in [-0.25, -0.2) is 9.97 Å². The molecule has 0 saturated heterocycles. The predicted octanol–water partition coefficient (Wildman–Crippen LogP) is 5.03. The minimum atomic E-state index is -1.07. The number of hydrogen-bond donors (Lipinski definition) is 2. The highest BCUT2D eigenvalue weighted by Gasteiger charge is 2.26. The summed E-state index contributed by atoms with van der Waals surface area (Å²) in [6.07, 6.45) is 1.76. The van der Waals surface area contributed by atoms with E-state index >= 15 is 0 Å². The van der Waals surface area contributed by atoms with Gasteiger partial charge in [-0.2, -0.15) is 24.6 Å². The minimum absolute atomic E-state index is 0. The standard InChI is InChI=1S/C20H26BrN7OS.ClH/c1-5-30(6-2,7-3)20-26-18-13(21)11-23-28(18)19(27-20)22-12-16-24-14-9-8-10-15(29-4)17(14)25-16;/h8-11H,5-7,12H2,1-4H3,(H,24,25)(H,22,26,27);1H. The molecule has 8 nitrogen and oxygen atoms in total. The fraction of sp³-hybridized carbons (Fsp3) is 0.400. The maximum Gasteiger partial charge on any atom is 0.228 e. The summed E-state index contributed by atoms with van der Waals surface area (Å²) in [4.78, 5) is 17.8. The van der Waals surface area contributed by atoms with E-state index in [2.05, 4.69) is 57.1 Å². The maximum absolute atomic E-state index is 5.41. The second-order valence-electron chi connectivity index (χ2n) is 6.86. The Balaban J connectivity index is 0.00000272. The molecule has 0 unspecified atom stereocenters. The molecule has 4 rings (SSSR count). The molecule has 0 aliphatic rings. The van der Waals surface area contributed by atoms with Crippen molar-refractivity contribution in [3.05, 3.63) is 34.7 Å². The highest BCUT2D eigenvalue weighted by Crippen LogP contribution is 2.53. The molecule has 0 amide bonds. The van der Waals surface area contributed by atoms with Crippen LogP contribution < -0.4 is 10.1 Å². The predicted molar refractivity (Wildman–Crippen MR) is 133 cm³/mol. The van der Waals surface area contributed by atoms with Gasteiger partial charge in [-0.05, 0) is 45.3 Å². The number of rotatable bonds is 8. The van der Waals surface area contributed by atoms with Gasteiger partial charge in [0.15, 0.2) is 10.8 Å². The van der Waals surface area contributed by atoms with Crippen molar-refractivity contribution < 1.29 is 4.74 Å². The van der Waals surface area contributed by atoms with Crippen molar-refractivity contribution in [3.8, 4) is 5.75 Å². The van der Waals surface area contributed by atoms with Crippen LogP contribution in [-0.2, 0) is 6.54 Å². The van der Waals surface area contributed by atoms with E-state index in [-0.39, 0.29) is 12.4 Å². The highest BCUT2D eigenvalue weighted by molar-refractivity contribution is 9.10. The zero-order valence-corrected chi connectivity index (χ0v) is 21.2. The minimum Gasteiger partial charge on any atom is -0.494 e. The van der Waals surface area contributed by atoms with Gasteiger partial charge in [0.25, 0.3) is 0 Å². The van der Waals surface area contributed by atoms with E-state index in [1.54, 1.807) is 17.8 Å². The van der Waals surface area contributed by atoms with E-state index in [0.29, 0.717) is 12.5 Å². The molecule has 1 aromatic carbocycles. The van der Waals surface area contributed by atoms with Gasteiger partial charge < -0.3 is 15.0 Å². The fourth-order valence-corrected chi connectivity index (χ4v) is 6.51. The molecule has 168 valence electrons. The number of nitrogens with one attached hydrogen (secondary N) is 2. The number of benzene rings is 1. The van der Waals surface area contributed by atoms with E-state index in [0.717, 1.165) is 55.1 Å². The lowest BCUT2D eigenvalue weighted by Gasteiger charge is -2.35. The SMILES string of the molecule is CCS(CC)(CC)c1nc(NCc2nc3c(OC)cccc3[nH]2)n2ncc(Br)c2n1.Cl. The lowest BCUT2D eigenvalue weighted by atomic mass is 10.3. The third-order valence-corrected chi connectivity index (χ3v) is 10.3. The van der Waals surface area contributed by atoms with Gasteiger partial charge in [0.1, 0.15) is 17.1 Å². The number of halogens is 2. The third-order valence-electron chi connectivity index (χ3n) is 5.51. The largest absolute Gasteiger partial charge is 0.494 e. The second kappa shape index (κ2) is 9.62. The van der Waals surface area contributed by atoms with Gasteiger partial charge in [0, 0.05) is 0 Å². The van der Waals surface area contributed by atoms with E-state index in [1.807, 2.05) is 18.2 Å². The molecular weight excluding hydrogens is 502 g/mol. The Hall–Kier alpha value is -2.04. The van der Waals surface area contributed by atoms with Crippen LogP contribution in [0.4, 0.5) is 5.95 Å². The number of para-hydroxylation sites is 1. The quantitative estimate of drug-likeness (QED) is 0.333. The molecule has 11 heteroatoms. The van der Waals surface area contributed by atoms with Crippen molar-refractivity contribution in [3.63, 3.8) is 0 Å². The Labute approximate surface area is 197 Å². The normalized spacial score (nSPS) is 12.2. The summed E-state index contributed by atoms with van der Waals surface area (Å²) in [5.74, 6) is 5.40. The van der Waals surface area contributed by atoms with Crippen LogP contribution in [0.15, 0.2) is 34.0 Å². The first-order chi connectivity index (χ1) is 14.5. The molecule has 4 aromatic rings. The molecule has 0 atom stereocenters. The van der Waals surface area contributed by atoms with Crippen LogP contribution in [0.2, 0.25) is 0 Å². The summed E-state index contributed by atoms with van der Waals surface area (Å²) in [6.45, 7) is 7.18. The van der Waals surface area contributed by atoms with Crippen LogP contribution >= 0.6 is 38.4 Å². The van der Waals surface area contributed by atoms with Crippen molar-refractivity contribution in [2.45, 2.75) is 32.5 Å². The molecule has 0 bridgehead atoms. The van der Waals surface area contributed by atoms with Crippen LogP contribution in [0.5, 0.6) is 5.75 Å². The zero-order chi connectivity index (χ0) is 21.3. The van der Waals surface area contributed by atoms with Crippen LogP contribution in [-0.4, -0.2) is 53.9 Å². The zero-order valence-electron chi connectivity index (χ0n) is 18.0. The number of fused-ring (bicyclic) bond motifs is 2. The van der Waals surface area contributed by atoms with Crippen molar-refractivity contribution >= 4 is 61.0 Å². The number of anilines is 1. The second-order valence-corrected chi connectivity index (χ2v) is 11.9. The van der Waals surface area contributed by atoms with Gasteiger partial charge in [0.2, 0.25) is 5.95 Å². The number of aromatic amines is 1. The van der Waals surface area contributed by atoms with Gasteiger partial charge in [-0.1, -0.05) is 26.8 Å². The average molecular weight is 529 g/mol. The summed E-state index contributed by atoms with van der Waals surface area (Å²) in [7, 11) is 0.579. The van der Waals surface area contributed by atoms with Crippen molar-refractivity contribution in [1.82, 2.24) is 29.5 Å². The molecule has 3 heterocycles. The number of H-pyrrole nitrogens is 1. The highest BCUT2D eigenvalue weighted by atomic mass is 79.9.